The summed E-state index contributed by atoms with van der Waals surface area (Å²) in [5.74, 6) is 2.71. The molecule has 0 saturated carbocycles. The summed E-state index contributed by atoms with van der Waals surface area (Å²) in [6, 6.07) is 11.3. The molecule has 29 heavy (non-hydrogen) atoms. The van der Waals surface area contributed by atoms with E-state index >= 15 is 0 Å². The maximum Gasteiger partial charge on any atom is 0.227 e. The van der Waals surface area contributed by atoms with Gasteiger partial charge in [0.1, 0.15) is 5.82 Å². The predicted octanol–water partition coefficient (Wildman–Crippen LogP) is 3.85. The van der Waals surface area contributed by atoms with Crippen molar-refractivity contribution in [2.24, 2.45) is 0 Å². The quantitative estimate of drug-likeness (QED) is 0.435. The first-order valence-corrected chi connectivity index (χ1v) is 10.0. The van der Waals surface area contributed by atoms with Gasteiger partial charge in [0, 0.05) is 37.0 Å². The third-order valence-electron chi connectivity index (χ3n) is 4.66. The summed E-state index contributed by atoms with van der Waals surface area (Å²) in [4.78, 5) is 6.60. The molecule has 0 aliphatic heterocycles. The average molecular weight is 412 g/mol. The Kier molecular flexibility index (Phi) is 5.71. The van der Waals surface area contributed by atoms with Crippen LogP contribution in [-0.2, 0) is 12.8 Å². The van der Waals surface area contributed by atoms with E-state index in [0.29, 0.717) is 29.6 Å². The van der Waals surface area contributed by atoms with Crippen LogP contribution >= 0.6 is 11.6 Å². The van der Waals surface area contributed by atoms with Crippen LogP contribution in [0.25, 0.3) is 17.0 Å². The Labute approximate surface area is 173 Å². The maximum atomic E-state index is 6.03. The number of benzene rings is 1. The highest BCUT2D eigenvalue weighted by molar-refractivity contribution is 6.30. The van der Waals surface area contributed by atoms with Crippen LogP contribution in [0.3, 0.4) is 0 Å². The van der Waals surface area contributed by atoms with Crippen LogP contribution in [0.15, 0.2) is 40.9 Å². The standard InChI is InChI=1S/C20H22ClN7O/c1-3-4-12-27(2)18-9-8-16-23-24-17(28(16)25-18)10-11-19-22-20(26-29-19)14-6-5-7-15(21)13-14/h5-9,13H,3-4,10-12H2,1-2H3. The lowest BCUT2D eigenvalue weighted by Gasteiger charge is -2.17. The third-order valence-corrected chi connectivity index (χ3v) is 4.90. The zero-order valence-corrected chi connectivity index (χ0v) is 17.2. The number of hydrogen-bond acceptors (Lipinski definition) is 7. The van der Waals surface area contributed by atoms with Crippen LogP contribution in [0.4, 0.5) is 5.82 Å². The van der Waals surface area contributed by atoms with Gasteiger partial charge in [0.2, 0.25) is 11.7 Å². The summed E-state index contributed by atoms with van der Waals surface area (Å²) in [6.45, 7) is 3.14. The van der Waals surface area contributed by atoms with E-state index in [4.69, 9.17) is 21.2 Å². The van der Waals surface area contributed by atoms with Crippen molar-refractivity contribution in [3.05, 3.63) is 53.1 Å². The lowest BCUT2D eigenvalue weighted by molar-refractivity contribution is 0.377. The molecule has 1 aromatic carbocycles. The van der Waals surface area contributed by atoms with Crippen LogP contribution in [0.5, 0.6) is 0 Å². The lowest BCUT2D eigenvalue weighted by atomic mass is 10.2. The predicted molar refractivity (Wildman–Crippen MR) is 111 cm³/mol. The molecule has 9 heteroatoms. The highest BCUT2D eigenvalue weighted by Gasteiger charge is 2.13. The highest BCUT2D eigenvalue weighted by atomic mass is 35.5. The van der Waals surface area contributed by atoms with Crippen molar-refractivity contribution in [3.63, 3.8) is 0 Å². The molecule has 4 rings (SSSR count). The number of hydrogen-bond donors (Lipinski definition) is 0. The van der Waals surface area contributed by atoms with E-state index in [1.54, 1.807) is 4.52 Å². The van der Waals surface area contributed by atoms with Crippen molar-refractivity contribution < 1.29 is 4.52 Å². The number of rotatable bonds is 8. The van der Waals surface area contributed by atoms with Crippen LogP contribution in [-0.4, -0.2) is 43.5 Å². The molecule has 0 N–H and O–H groups in total. The van der Waals surface area contributed by atoms with Crippen molar-refractivity contribution in [3.8, 4) is 11.4 Å². The molecular formula is C20H22ClN7O. The van der Waals surface area contributed by atoms with E-state index < -0.39 is 0 Å². The smallest absolute Gasteiger partial charge is 0.227 e. The minimum absolute atomic E-state index is 0.520. The molecule has 0 amide bonds. The van der Waals surface area contributed by atoms with E-state index in [-0.39, 0.29) is 0 Å². The number of aryl methyl sites for hydroxylation is 2. The van der Waals surface area contributed by atoms with E-state index in [0.717, 1.165) is 42.2 Å². The second kappa shape index (κ2) is 8.57. The van der Waals surface area contributed by atoms with Crippen molar-refractivity contribution in [1.29, 1.82) is 0 Å². The van der Waals surface area contributed by atoms with Gasteiger partial charge in [-0.1, -0.05) is 42.2 Å². The van der Waals surface area contributed by atoms with Crippen molar-refractivity contribution >= 4 is 23.1 Å². The van der Waals surface area contributed by atoms with Crippen LogP contribution in [0, 0.1) is 0 Å². The fourth-order valence-electron chi connectivity index (χ4n) is 3.01. The fourth-order valence-corrected chi connectivity index (χ4v) is 3.20. The zero-order valence-electron chi connectivity index (χ0n) is 16.4. The first-order valence-electron chi connectivity index (χ1n) is 9.65. The summed E-state index contributed by atoms with van der Waals surface area (Å²) in [7, 11) is 2.05. The van der Waals surface area contributed by atoms with E-state index in [1.165, 1.54) is 0 Å². The number of aromatic nitrogens is 6. The van der Waals surface area contributed by atoms with Gasteiger partial charge in [-0.3, -0.25) is 0 Å². The highest BCUT2D eigenvalue weighted by Crippen LogP contribution is 2.20. The van der Waals surface area contributed by atoms with Gasteiger partial charge in [0.15, 0.2) is 11.5 Å². The molecule has 0 unspecified atom stereocenters. The summed E-state index contributed by atoms with van der Waals surface area (Å²) in [6.07, 6.45) is 3.41. The molecule has 0 bridgehead atoms. The number of nitrogens with zero attached hydrogens (tertiary/aromatic N) is 7. The second-order valence-electron chi connectivity index (χ2n) is 6.87. The lowest BCUT2D eigenvalue weighted by Crippen LogP contribution is -2.20. The number of fused-ring (bicyclic) bond motifs is 1. The van der Waals surface area contributed by atoms with Gasteiger partial charge in [-0.25, -0.2) is 0 Å². The molecule has 4 aromatic rings. The number of anilines is 1. The Hall–Kier alpha value is -3.00. The second-order valence-corrected chi connectivity index (χ2v) is 7.31. The van der Waals surface area contributed by atoms with Crippen molar-refractivity contribution in [2.75, 3.05) is 18.5 Å². The molecule has 0 aliphatic rings. The summed E-state index contributed by atoms with van der Waals surface area (Å²) < 4.78 is 7.17. The fraction of sp³-hybridized carbons (Fsp3) is 0.350. The minimum atomic E-state index is 0.520. The SMILES string of the molecule is CCCCN(C)c1ccc2nnc(CCc3nc(-c4cccc(Cl)c4)no3)n2n1. The Morgan fingerprint density at radius 1 is 1.14 bits per heavy atom. The number of unbranched alkanes of at least 4 members (excludes halogenated alkanes) is 1. The Balaban J connectivity index is 1.48. The molecule has 0 fully saturated rings. The van der Waals surface area contributed by atoms with Gasteiger partial charge < -0.3 is 9.42 Å². The average Bonchev–Trinajstić information content (AvgIpc) is 3.37. The topological polar surface area (TPSA) is 85.2 Å². The van der Waals surface area contributed by atoms with Gasteiger partial charge in [-0.05, 0) is 30.7 Å². The maximum absolute atomic E-state index is 6.03. The first kappa shape index (κ1) is 19.3. The molecule has 0 spiro atoms. The summed E-state index contributed by atoms with van der Waals surface area (Å²) in [5, 5.41) is 17.9. The minimum Gasteiger partial charge on any atom is -0.358 e. The monoisotopic (exact) mass is 411 g/mol. The van der Waals surface area contributed by atoms with Gasteiger partial charge in [0.25, 0.3) is 0 Å². The van der Waals surface area contributed by atoms with Crippen LogP contribution in [0.1, 0.15) is 31.5 Å². The third kappa shape index (κ3) is 4.37. The van der Waals surface area contributed by atoms with E-state index in [2.05, 4.69) is 32.2 Å². The van der Waals surface area contributed by atoms with Crippen LogP contribution < -0.4 is 4.90 Å². The molecule has 0 saturated heterocycles. The van der Waals surface area contributed by atoms with Gasteiger partial charge in [0.05, 0.1) is 0 Å². The Morgan fingerprint density at radius 3 is 2.86 bits per heavy atom. The molecule has 0 atom stereocenters. The normalized spacial score (nSPS) is 11.3. The van der Waals surface area contributed by atoms with Gasteiger partial charge >= 0.3 is 0 Å². The van der Waals surface area contributed by atoms with Crippen LogP contribution in [0.2, 0.25) is 5.02 Å². The van der Waals surface area contributed by atoms with Gasteiger partial charge in [-0.2, -0.15) is 9.50 Å². The molecule has 0 radical (unpaired) electrons. The van der Waals surface area contributed by atoms with Crippen molar-refractivity contribution in [1.82, 2.24) is 30.0 Å². The van der Waals surface area contributed by atoms with E-state index in [1.807, 2.05) is 43.4 Å². The van der Waals surface area contributed by atoms with E-state index in [9.17, 15) is 0 Å². The molecule has 0 aliphatic carbocycles. The molecule has 150 valence electrons. The first-order chi connectivity index (χ1) is 14.1. The molecular weight excluding hydrogens is 390 g/mol. The Morgan fingerprint density at radius 2 is 2.03 bits per heavy atom. The van der Waals surface area contributed by atoms with Gasteiger partial charge in [-0.15, -0.1) is 15.3 Å². The molecule has 3 heterocycles. The molecule has 8 nitrogen and oxygen atoms in total. The largest absolute Gasteiger partial charge is 0.358 e. The Bertz CT molecular complexity index is 1110. The van der Waals surface area contributed by atoms with Crippen molar-refractivity contribution in [2.45, 2.75) is 32.6 Å². The zero-order chi connectivity index (χ0) is 20.2. The number of halogens is 1. The summed E-state index contributed by atoms with van der Waals surface area (Å²) in [5.41, 5.74) is 1.54. The molecule has 3 aromatic heterocycles. The summed E-state index contributed by atoms with van der Waals surface area (Å²) >= 11 is 6.03.